The first-order valence-corrected chi connectivity index (χ1v) is 6.54. The molecule has 7 heteroatoms. The van der Waals surface area contributed by atoms with Crippen LogP contribution in [-0.4, -0.2) is 42.8 Å². The fourth-order valence-corrected chi connectivity index (χ4v) is 1.56. The fraction of sp³-hybridized carbons (Fsp3) is 0.917. The van der Waals surface area contributed by atoms with E-state index in [9.17, 15) is 13.6 Å². The second kappa shape index (κ2) is 10.1. The fourth-order valence-electron chi connectivity index (χ4n) is 1.56. The summed E-state index contributed by atoms with van der Waals surface area (Å²) in [6, 6.07) is 0. The van der Waals surface area contributed by atoms with Crippen LogP contribution in [0.3, 0.4) is 0 Å². The number of halogens is 2. The predicted octanol–water partition coefficient (Wildman–Crippen LogP) is 0.784. The largest absolute Gasteiger partial charge is 0.464 e. The summed E-state index contributed by atoms with van der Waals surface area (Å²) in [4.78, 5) is 11.6. The van der Waals surface area contributed by atoms with E-state index in [0.29, 0.717) is 12.8 Å². The van der Waals surface area contributed by atoms with Crippen molar-refractivity contribution in [1.82, 2.24) is 0 Å². The van der Waals surface area contributed by atoms with Crippen LogP contribution in [0, 0.1) is 0 Å². The number of aliphatic hydroxyl groups excluding tert-OH is 1. The van der Waals surface area contributed by atoms with Gasteiger partial charge in [0, 0.05) is 6.61 Å². The van der Waals surface area contributed by atoms with Gasteiger partial charge in [-0.1, -0.05) is 6.42 Å². The van der Waals surface area contributed by atoms with Crippen LogP contribution in [0.5, 0.6) is 0 Å². The summed E-state index contributed by atoms with van der Waals surface area (Å²) >= 11 is 0. The summed E-state index contributed by atoms with van der Waals surface area (Å²) in [6.07, 6.45) is -0.0885. The quantitative estimate of drug-likeness (QED) is 0.384. The van der Waals surface area contributed by atoms with Gasteiger partial charge in [-0.05, 0) is 38.6 Å². The molecule has 0 aliphatic rings. The molecule has 0 radical (unpaired) electrons. The van der Waals surface area contributed by atoms with Crippen molar-refractivity contribution in [1.29, 1.82) is 0 Å². The molecule has 0 aromatic carbocycles. The summed E-state index contributed by atoms with van der Waals surface area (Å²) in [5.41, 5.74) is 8.39. The van der Waals surface area contributed by atoms with E-state index in [4.69, 9.17) is 21.3 Å². The standard InChI is InChI=1S/C12H24F2N2O3/c13-10(14)12(16,6-5-7-15)11(18)19-9-4-2-1-3-8-17/h10,17H,1-9,15-16H2. The molecule has 0 aliphatic carbocycles. The van der Waals surface area contributed by atoms with Crippen molar-refractivity contribution >= 4 is 5.97 Å². The van der Waals surface area contributed by atoms with E-state index in [0.717, 1.165) is 12.8 Å². The molecule has 0 amide bonds. The molecule has 0 saturated heterocycles. The van der Waals surface area contributed by atoms with E-state index in [1.165, 1.54) is 0 Å². The third-order valence-electron chi connectivity index (χ3n) is 2.85. The summed E-state index contributed by atoms with van der Waals surface area (Å²) < 4.78 is 30.5. The van der Waals surface area contributed by atoms with Gasteiger partial charge in [0.1, 0.15) is 0 Å². The number of rotatable bonds is 11. The zero-order chi connectivity index (χ0) is 14.7. The lowest BCUT2D eigenvalue weighted by Gasteiger charge is -2.26. The average Bonchev–Trinajstić information content (AvgIpc) is 2.39. The number of hydrogen-bond donors (Lipinski definition) is 3. The van der Waals surface area contributed by atoms with Gasteiger partial charge in [-0.3, -0.25) is 0 Å². The minimum absolute atomic E-state index is 0.0680. The first kappa shape index (κ1) is 18.2. The molecule has 114 valence electrons. The highest BCUT2D eigenvalue weighted by molar-refractivity contribution is 5.81. The van der Waals surface area contributed by atoms with Gasteiger partial charge in [-0.25, -0.2) is 13.6 Å². The first-order valence-electron chi connectivity index (χ1n) is 6.54. The highest BCUT2D eigenvalue weighted by Gasteiger charge is 2.44. The average molecular weight is 282 g/mol. The summed E-state index contributed by atoms with van der Waals surface area (Å²) in [7, 11) is 0. The molecule has 0 bridgehead atoms. The molecule has 1 unspecified atom stereocenters. The SMILES string of the molecule is NCCCC(N)(C(=O)OCCCCCCO)C(F)F. The van der Waals surface area contributed by atoms with Gasteiger partial charge in [0.25, 0.3) is 6.43 Å². The van der Waals surface area contributed by atoms with E-state index >= 15 is 0 Å². The maximum atomic E-state index is 12.8. The molecule has 0 spiro atoms. The molecule has 0 heterocycles. The van der Waals surface area contributed by atoms with Crippen LogP contribution < -0.4 is 11.5 Å². The van der Waals surface area contributed by atoms with Crippen LogP contribution in [0.1, 0.15) is 38.5 Å². The van der Waals surface area contributed by atoms with Crippen molar-refractivity contribution < 1.29 is 23.4 Å². The Morgan fingerprint density at radius 2 is 1.84 bits per heavy atom. The van der Waals surface area contributed by atoms with Crippen molar-refractivity contribution in [2.75, 3.05) is 19.8 Å². The normalized spacial score (nSPS) is 14.4. The topological polar surface area (TPSA) is 98.6 Å². The van der Waals surface area contributed by atoms with Crippen LogP contribution in [0.15, 0.2) is 0 Å². The van der Waals surface area contributed by atoms with Gasteiger partial charge in [-0.2, -0.15) is 0 Å². The summed E-state index contributed by atoms with van der Waals surface area (Å²) in [5.74, 6) is -1.07. The smallest absolute Gasteiger partial charge is 0.332 e. The van der Waals surface area contributed by atoms with Crippen molar-refractivity contribution in [2.45, 2.75) is 50.5 Å². The zero-order valence-corrected chi connectivity index (χ0v) is 11.1. The van der Waals surface area contributed by atoms with E-state index in [-0.39, 0.29) is 32.6 Å². The molecule has 0 aliphatic heterocycles. The third kappa shape index (κ3) is 6.79. The van der Waals surface area contributed by atoms with E-state index in [2.05, 4.69) is 0 Å². The lowest BCUT2D eigenvalue weighted by Crippen LogP contribution is -2.55. The zero-order valence-electron chi connectivity index (χ0n) is 11.1. The van der Waals surface area contributed by atoms with E-state index in [1.807, 2.05) is 0 Å². The predicted molar refractivity (Wildman–Crippen MR) is 67.7 cm³/mol. The Morgan fingerprint density at radius 3 is 2.37 bits per heavy atom. The Morgan fingerprint density at radius 1 is 1.21 bits per heavy atom. The lowest BCUT2D eigenvalue weighted by atomic mass is 9.95. The first-order chi connectivity index (χ1) is 8.99. The molecule has 19 heavy (non-hydrogen) atoms. The number of carbonyl (C=O) groups excluding carboxylic acids is 1. The molecule has 0 rings (SSSR count). The highest BCUT2D eigenvalue weighted by Crippen LogP contribution is 2.21. The van der Waals surface area contributed by atoms with Crippen LogP contribution in [0.25, 0.3) is 0 Å². The van der Waals surface area contributed by atoms with Gasteiger partial charge in [-0.15, -0.1) is 0 Å². The van der Waals surface area contributed by atoms with Gasteiger partial charge in [0.05, 0.1) is 6.61 Å². The van der Waals surface area contributed by atoms with Gasteiger partial charge in [0.15, 0.2) is 5.54 Å². The molecule has 0 aromatic heterocycles. The van der Waals surface area contributed by atoms with Crippen LogP contribution in [-0.2, 0) is 9.53 Å². The second-order valence-corrected chi connectivity index (χ2v) is 4.51. The summed E-state index contributed by atoms with van der Waals surface area (Å²) in [6.45, 7) is 0.384. The number of aliphatic hydroxyl groups is 1. The van der Waals surface area contributed by atoms with Crippen molar-refractivity contribution in [2.24, 2.45) is 11.5 Å². The second-order valence-electron chi connectivity index (χ2n) is 4.51. The number of nitrogens with two attached hydrogens (primary N) is 2. The molecule has 1 atom stereocenters. The Hall–Kier alpha value is -0.790. The van der Waals surface area contributed by atoms with Crippen LogP contribution >= 0.6 is 0 Å². The van der Waals surface area contributed by atoms with Gasteiger partial charge >= 0.3 is 5.97 Å². The van der Waals surface area contributed by atoms with E-state index < -0.39 is 17.9 Å². The van der Waals surface area contributed by atoms with E-state index in [1.54, 1.807) is 0 Å². The van der Waals surface area contributed by atoms with Gasteiger partial charge < -0.3 is 21.3 Å². The highest BCUT2D eigenvalue weighted by atomic mass is 19.3. The molecular weight excluding hydrogens is 258 g/mol. The number of alkyl halides is 2. The Labute approximate surface area is 112 Å². The molecule has 0 saturated carbocycles. The van der Waals surface area contributed by atoms with Crippen molar-refractivity contribution in [3.63, 3.8) is 0 Å². The number of esters is 1. The number of ether oxygens (including phenoxy) is 1. The van der Waals surface area contributed by atoms with Crippen molar-refractivity contribution in [3.05, 3.63) is 0 Å². The number of hydrogen-bond acceptors (Lipinski definition) is 5. The lowest BCUT2D eigenvalue weighted by molar-refractivity contribution is -0.157. The summed E-state index contributed by atoms with van der Waals surface area (Å²) in [5, 5.41) is 8.57. The minimum Gasteiger partial charge on any atom is -0.464 e. The number of carbonyl (C=O) groups is 1. The monoisotopic (exact) mass is 282 g/mol. The molecule has 0 aromatic rings. The van der Waals surface area contributed by atoms with Gasteiger partial charge in [0.2, 0.25) is 0 Å². The molecule has 0 fully saturated rings. The van der Waals surface area contributed by atoms with Crippen molar-refractivity contribution in [3.8, 4) is 0 Å². The maximum absolute atomic E-state index is 12.8. The minimum atomic E-state index is -2.97. The molecular formula is C12H24F2N2O3. The Bertz CT molecular complexity index is 255. The molecule has 5 nitrogen and oxygen atoms in total. The Kier molecular flexibility index (Phi) is 9.63. The number of unbranched alkanes of at least 4 members (excludes halogenated alkanes) is 3. The van der Waals surface area contributed by atoms with Crippen LogP contribution in [0.4, 0.5) is 8.78 Å². The van der Waals surface area contributed by atoms with Crippen LogP contribution in [0.2, 0.25) is 0 Å². The molecule has 5 N–H and O–H groups in total. The Balaban J connectivity index is 4.05. The third-order valence-corrected chi connectivity index (χ3v) is 2.85. The maximum Gasteiger partial charge on any atom is 0.332 e.